The van der Waals surface area contributed by atoms with Gasteiger partial charge in [-0.15, -0.1) is 11.3 Å². The lowest BCUT2D eigenvalue weighted by molar-refractivity contribution is -0.117. The maximum Gasteiger partial charge on any atom is 0.248 e. The average Bonchev–Trinajstić information content (AvgIpc) is 3.16. The number of nitrogens with two attached hydrogens (primary N) is 1. The maximum absolute atomic E-state index is 12.9. The van der Waals surface area contributed by atoms with Crippen LogP contribution in [0.4, 0.5) is 0 Å². The molecule has 8 nitrogen and oxygen atoms in total. The van der Waals surface area contributed by atoms with Crippen molar-refractivity contribution in [2.45, 2.75) is 23.3 Å². The minimum absolute atomic E-state index is 0.00168. The van der Waals surface area contributed by atoms with Crippen LogP contribution in [-0.4, -0.2) is 34.0 Å². The Labute approximate surface area is 191 Å². The van der Waals surface area contributed by atoms with Crippen molar-refractivity contribution < 1.29 is 4.79 Å². The van der Waals surface area contributed by atoms with Crippen LogP contribution in [0.2, 0.25) is 0 Å². The number of amides is 1. The molecular weight excluding hydrogens is 513 g/mol. The smallest absolute Gasteiger partial charge is 0.248 e. The van der Waals surface area contributed by atoms with Gasteiger partial charge in [-0.1, -0.05) is 22.6 Å². The van der Waals surface area contributed by atoms with Crippen LogP contribution in [0.25, 0.3) is 5.57 Å². The van der Waals surface area contributed by atoms with Crippen molar-refractivity contribution in [1.29, 1.82) is 16.2 Å². The van der Waals surface area contributed by atoms with Gasteiger partial charge in [0, 0.05) is 60.2 Å². The standard InChI is InChI=1S/C20H20IN7OS/c21-16-6-14(20(29)27-10-12-9-26-4-2-11(12)7-23)15(8-24)19-18(16)28-17(30-19)5-13(25)1-3-22/h1-4,7-9,16,23-25H,5-6,10,22H2,(H,27,29)/b3-1-,23-7?,24-8?,25-13?. The lowest BCUT2D eigenvalue weighted by Crippen LogP contribution is -2.27. The fourth-order valence-electron chi connectivity index (χ4n) is 3.10. The van der Waals surface area contributed by atoms with Crippen LogP contribution in [0.3, 0.4) is 0 Å². The fraction of sp³-hybridized carbons (Fsp3) is 0.200. The Kier molecular flexibility index (Phi) is 7.21. The van der Waals surface area contributed by atoms with Gasteiger partial charge < -0.3 is 27.3 Å². The Morgan fingerprint density at radius 2 is 2.20 bits per heavy atom. The molecule has 0 saturated heterocycles. The van der Waals surface area contributed by atoms with Crippen molar-refractivity contribution >= 4 is 63.5 Å². The number of rotatable bonds is 8. The molecule has 6 N–H and O–H groups in total. The maximum atomic E-state index is 12.9. The van der Waals surface area contributed by atoms with Gasteiger partial charge in [-0.2, -0.15) is 0 Å². The van der Waals surface area contributed by atoms with Gasteiger partial charge in [0.05, 0.1) is 19.5 Å². The molecule has 0 bridgehead atoms. The van der Waals surface area contributed by atoms with E-state index >= 15 is 0 Å². The molecule has 1 unspecified atom stereocenters. The number of allylic oxidation sites excluding steroid dienone is 2. The molecule has 3 rings (SSSR count). The minimum atomic E-state index is -0.241. The normalized spacial score (nSPS) is 15.7. The zero-order chi connectivity index (χ0) is 21.7. The molecule has 0 radical (unpaired) electrons. The SMILES string of the molecule is N=CC1=C(C(=O)NCc2cnccc2C=N)CC(I)c2nc(CC(=N)/C=C\N)sc21. The summed E-state index contributed by atoms with van der Waals surface area (Å²) < 4.78 is 0.00168. The van der Waals surface area contributed by atoms with Gasteiger partial charge in [0.1, 0.15) is 0 Å². The summed E-state index contributed by atoms with van der Waals surface area (Å²) in [5.74, 6) is -0.241. The fourth-order valence-corrected chi connectivity index (χ4v) is 5.39. The molecule has 2 heterocycles. The number of halogens is 1. The van der Waals surface area contributed by atoms with Crippen molar-refractivity contribution in [1.82, 2.24) is 15.3 Å². The number of pyridine rings is 1. The summed E-state index contributed by atoms with van der Waals surface area (Å²) in [7, 11) is 0. The second-order valence-corrected chi connectivity index (χ2v) is 9.08. The summed E-state index contributed by atoms with van der Waals surface area (Å²) in [5, 5.41) is 26.9. The third kappa shape index (κ3) is 4.70. The summed E-state index contributed by atoms with van der Waals surface area (Å²) in [6.07, 6.45) is 9.35. The van der Waals surface area contributed by atoms with Crippen LogP contribution < -0.4 is 11.1 Å². The molecule has 0 aromatic carbocycles. The molecule has 10 heteroatoms. The first-order chi connectivity index (χ1) is 14.5. The molecular formula is C20H20IN7OS. The van der Waals surface area contributed by atoms with Gasteiger partial charge in [-0.05, 0) is 30.3 Å². The Balaban J connectivity index is 1.86. The number of fused-ring (bicyclic) bond motifs is 1. The van der Waals surface area contributed by atoms with E-state index in [0.29, 0.717) is 35.3 Å². The number of aromatic nitrogens is 2. The number of alkyl halides is 1. The van der Waals surface area contributed by atoms with Crippen LogP contribution in [0, 0.1) is 16.2 Å². The number of nitrogens with one attached hydrogen (secondary N) is 4. The second-order valence-electron chi connectivity index (χ2n) is 6.49. The van der Waals surface area contributed by atoms with Crippen molar-refractivity contribution in [3.8, 4) is 0 Å². The first-order valence-corrected chi connectivity index (χ1v) is 11.1. The van der Waals surface area contributed by atoms with E-state index in [9.17, 15) is 4.79 Å². The lowest BCUT2D eigenvalue weighted by Gasteiger charge is -2.21. The minimum Gasteiger partial charge on any atom is -0.405 e. The summed E-state index contributed by atoms with van der Waals surface area (Å²) in [6.45, 7) is 0.251. The highest BCUT2D eigenvalue weighted by molar-refractivity contribution is 14.1. The van der Waals surface area contributed by atoms with Crippen LogP contribution >= 0.6 is 33.9 Å². The molecule has 1 aliphatic rings. The molecule has 1 amide bonds. The Morgan fingerprint density at radius 1 is 1.40 bits per heavy atom. The molecule has 0 saturated carbocycles. The largest absolute Gasteiger partial charge is 0.405 e. The average molecular weight is 533 g/mol. The summed E-state index contributed by atoms with van der Waals surface area (Å²) in [6, 6.07) is 1.72. The van der Waals surface area contributed by atoms with E-state index in [1.54, 1.807) is 18.5 Å². The van der Waals surface area contributed by atoms with Gasteiger partial charge in [-0.25, -0.2) is 4.98 Å². The van der Waals surface area contributed by atoms with Gasteiger partial charge in [0.25, 0.3) is 0 Å². The summed E-state index contributed by atoms with van der Waals surface area (Å²) in [4.78, 5) is 22.5. The van der Waals surface area contributed by atoms with Crippen molar-refractivity contribution in [2.24, 2.45) is 5.73 Å². The number of hydrogen-bond acceptors (Lipinski definition) is 8. The Bertz CT molecular complexity index is 1070. The van der Waals surface area contributed by atoms with Gasteiger partial charge in [0.2, 0.25) is 5.91 Å². The van der Waals surface area contributed by atoms with Gasteiger partial charge >= 0.3 is 0 Å². The van der Waals surface area contributed by atoms with E-state index in [1.165, 1.54) is 36.0 Å². The molecule has 0 fully saturated rings. The van der Waals surface area contributed by atoms with Crippen molar-refractivity contribution in [3.63, 3.8) is 0 Å². The monoisotopic (exact) mass is 533 g/mol. The molecule has 1 atom stereocenters. The molecule has 0 spiro atoms. The number of carbonyl (C=O) groups excluding carboxylic acids is 1. The third-order valence-electron chi connectivity index (χ3n) is 4.54. The predicted octanol–water partition coefficient (Wildman–Crippen LogP) is 3.17. The van der Waals surface area contributed by atoms with Crippen molar-refractivity contribution in [2.75, 3.05) is 0 Å². The zero-order valence-electron chi connectivity index (χ0n) is 15.9. The highest BCUT2D eigenvalue weighted by atomic mass is 127. The number of thiazole rings is 1. The zero-order valence-corrected chi connectivity index (χ0v) is 18.9. The van der Waals surface area contributed by atoms with E-state index in [4.69, 9.17) is 22.0 Å². The molecule has 30 heavy (non-hydrogen) atoms. The molecule has 2 aromatic heterocycles. The number of hydrogen-bond donors (Lipinski definition) is 5. The second kappa shape index (κ2) is 9.85. The van der Waals surface area contributed by atoms with Crippen LogP contribution in [-0.2, 0) is 17.8 Å². The topological polar surface area (TPSA) is 152 Å². The quantitative estimate of drug-likeness (QED) is 0.201. The molecule has 0 aliphatic heterocycles. The summed E-state index contributed by atoms with van der Waals surface area (Å²) in [5.41, 5.74) is 9.13. The highest BCUT2D eigenvalue weighted by Crippen LogP contribution is 2.44. The first kappa shape index (κ1) is 22.0. The van der Waals surface area contributed by atoms with E-state index in [-0.39, 0.29) is 16.4 Å². The van der Waals surface area contributed by atoms with E-state index < -0.39 is 0 Å². The molecule has 154 valence electrons. The number of nitrogens with zero attached hydrogens (tertiary/aromatic N) is 2. The third-order valence-corrected chi connectivity index (χ3v) is 6.68. The molecule has 1 aliphatic carbocycles. The number of carbonyl (C=O) groups is 1. The summed E-state index contributed by atoms with van der Waals surface area (Å²) >= 11 is 3.67. The molecule has 2 aromatic rings. The van der Waals surface area contributed by atoms with Crippen LogP contribution in [0.15, 0.2) is 36.3 Å². The Morgan fingerprint density at radius 3 is 2.90 bits per heavy atom. The Hall–Kier alpha value is -2.73. The van der Waals surface area contributed by atoms with Gasteiger partial charge in [0.15, 0.2) is 0 Å². The van der Waals surface area contributed by atoms with E-state index in [2.05, 4.69) is 37.9 Å². The van der Waals surface area contributed by atoms with E-state index in [0.717, 1.165) is 21.1 Å². The highest BCUT2D eigenvalue weighted by Gasteiger charge is 2.31. The van der Waals surface area contributed by atoms with Gasteiger partial charge in [-0.3, -0.25) is 9.78 Å². The van der Waals surface area contributed by atoms with Crippen LogP contribution in [0.1, 0.15) is 37.1 Å². The predicted molar refractivity (Wildman–Crippen MR) is 128 cm³/mol. The van der Waals surface area contributed by atoms with Crippen LogP contribution in [0.5, 0.6) is 0 Å². The van der Waals surface area contributed by atoms with Crippen molar-refractivity contribution in [3.05, 3.63) is 63.0 Å². The van der Waals surface area contributed by atoms with E-state index in [1.807, 2.05) is 0 Å². The first-order valence-electron chi connectivity index (χ1n) is 9.03. The lowest BCUT2D eigenvalue weighted by atomic mass is 9.93.